The van der Waals surface area contributed by atoms with Gasteiger partial charge in [0.05, 0.1) is 22.3 Å². The highest BCUT2D eigenvalue weighted by atomic mass is 32.1. The van der Waals surface area contributed by atoms with Crippen LogP contribution in [0.1, 0.15) is 29.0 Å². The van der Waals surface area contributed by atoms with E-state index in [1.54, 1.807) is 0 Å². The number of rotatable bonds is 5. The maximum atomic E-state index is 6.69. The van der Waals surface area contributed by atoms with Gasteiger partial charge in [-0.15, -0.1) is 11.3 Å². The summed E-state index contributed by atoms with van der Waals surface area (Å²) in [6.45, 7) is 0. The quantitative estimate of drug-likeness (QED) is 0.184. The van der Waals surface area contributed by atoms with Crippen molar-refractivity contribution in [3.05, 3.63) is 199 Å². The Labute approximate surface area is 332 Å². The molecule has 2 atom stereocenters. The third-order valence-corrected chi connectivity index (χ3v) is 12.6. The molecule has 0 saturated heterocycles. The predicted octanol–water partition coefficient (Wildman–Crippen LogP) is 13.1. The molecule has 1 aliphatic heterocycles. The lowest BCUT2D eigenvalue weighted by atomic mass is 10.0. The number of amidine groups is 1. The van der Waals surface area contributed by atoms with Gasteiger partial charge in [0, 0.05) is 41.7 Å². The average Bonchev–Trinajstić information content (AvgIpc) is 3.96. The molecule has 1 aliphatic rings. The van der Waals surface area contributed by atoms with Gasteiger partial charge in [-0.2, -0.15) is 0 Å². The number of nitrogens with one attached hydrogen (secondary N) is 2. The van der Waals surface area contributed by atoms with Gasteiger partial charge in [-0.1, -0.05) is 133 Å². The van der Waals surface area contributed by atoms with E-state index in [0.29, 0.717) is 0 Å². The van der Waals surface area contributed by atoms with Gasteiger partial charge in [-0.05, 0) is 70.8 Å². The third kappa shape index (κ3) is 5.15. The summed E-state index contributed by atoms with van der Waals surface area (Å²) in [5.41, 5.74) is 10.9. The normalized spacial score (nSPS) is 15.9. The van der Waals surface area contributed by atoms with Gasteiger partial charge in [0.1, 0.15) is 29.3 Å². The fourth-order valence-electron chi connectivity index (χ4n) is 8.84. The molecule has 0 amide bonds. The van der Waals surface area contributed by atoms with Crippen LogP contribution in [0.3, 0.4) is 0 Å². The predicted molar refractivity (Wildman–Crippen MR) is 238 cm³/mol. The Morgan fingerprint density at radius 3 is 1.98 bits per heavy atom. The highest BCUT2D eigenvalue weighted by Gasteiger charge is 2.27. The molecule has 6 heteroatoms. The molecule has 3 aromatic heterocycles. The summed E-state index contributed by atoms with van der Waals surface area (Å²) in [5, 5.41) is 14.7. The van der Waals surface area contributed by atoms with Crippen molar-refractivity contribution < 1.29 is 4.42 Å². The Kier molecular flexibility index (Phi) is 7.24. The molecule has 0 bridgehead atoms. The van der Waals surface area contributed by atoms with Crippen LogP contribution < -0.4 is 10.6 Å². The van der Waals surface area contributed by atoms with Gasteiger partial charge in [0.2, 0.25) is 0 Å². The molecule has 2 N–H and O–H groups in total. The van der Waals surface area contributed by atoms with Crippen LogP contribution >= 0.6 is 11.3 Å². The molecule has 57 heavy (non-hydrogen) atoms. The maximum Gasteiger partial charge on any atom is 0.146 e. The summed E-state index contributed by atoms with van der Waals surface area (Å²) in [6, 6.07) is 64.9. The molecule has 270 valence electrons. The van der Waals surface area contributed by atoms with E-state index in [-0.39, 0.29) is 12.3 Å². The van der Waals surface area contributed by atoms with Crippen LogP contribution in [0.5, 0.6) is 0 Å². The van der Waals surface area contributed by atoms with Crippen molar-refractivity contribution >= 4 is 81.1 Å². The Morgan fingerprint density at radius 1 is 0.526 bits per heavy atom. The van der Waals surface area contributed by atoms with Crippen molar-refractivity contribution in [1.29, 1.82) is 0 Å². The summed E-state index contributed by atoms with van der Waals surface area (Å²) in [4.78, 5) is 5.22. The number of para-hydroxylation sites is 3. The van der Waals surface area contributed by atoms with E-state index < -0.39 is 0 Å². The number of aromatic nitrogens is 1. The Bertz CT molecular complexity index is 3320. The molecule has 0 aliphatic carbocycles. The minimum atomic E-state index is -0.222. The summed E-state index contributed by atoms with van der Waals surface area (Å²) in [5.74, 6) is 0.803. The highest BCUT2D eigenvalue weighted by molar-refractivity contribution is 7.26. The van der Waals surface area contributed by atoms with Crippen LogP contribution in [0.25, 0.3) is 80.7 Å². The first kappa shape index (κ1) is 32.3. The van der Waals surface area contributed by atoms with Crippen molar-refractivity contribution in [3.63, 3.8) is 0 Å². The van der Waals surface area contributed by atoms with Crippen molar-refractivity contribution in [2.75, 3.05) is 0 Å². The average molecular weight is 751 g/mol. The number of thiophene rings is 1. The van der Waals surface area contributed by atoms with Gasteiger partial charge in [0.15, 0.2) is 0 Å². The van der Waals surface area contributed by atoms with E-state index in [4.69, 9.17) is 9.41 Å². The van der Waals surface area contributed by atoms with Crippen LogP contribution in [0.4, 0.5) is 0 Å². The van der Waals surface area contributed by atoms with Gasteiger partial charge < -0.3 is 14.3 Å². The second-order valence-corrected chi connectivity index (χ2v) is 15.9. The van der Waals surface area contributed by atoms with Crippen LogP contribution in [0.15, 0.2) is 191 Å². The van der Waals surface area contributed by atoms with Crippen LogP contribution in [-0.2, 0) is 0 Å². The van der Waals surface area contributed by atoms with Crippen molar-refractivity contribution in [2.24, 2.45) is 4.99 Å². The molecule has 0 radical (unpaired) electrons. The zero-order valence-electron chi connectivity index (χ0n) is 30.7. The SMILES string of the molecule is c1ccc(C2N=C(c3cccc4c3oc3ccc(-c5ccc6c(c5)sc5cccc(-n7c8ccccc8c8ccccc87)c56)cc34)NC(c3ccccc3)N2)cc1. The number of nitrogens with zero attached hydrogens (tertiary/aromatic N) is 2. The second kappa shape index (κ2) is 12.8. The summed E-state index contributed by atoms with van der Waals surface area (Å²) in [7, 11) is 0. The maximum absolute atomic E-state index is 6.69. The van der Waals surface area contributed by atoms with E-state index in [9.17, 15) is 0 Å². The number of fused-ring (bicyclic) bond motifs is 9. The van der Waals surface area contributed by atoms with Crippen LogP contribution in [0.2, 0.25) is 0 Å². The zero-order chi connectivity index (χ0) is 37.5. The summed E-state index contributed by atoms with van der Waals surface area (Å²) >= 11 is 1.86. The molecular formula is C51H34N4OS. The number of aliphatic imine (C=N–C) groups is 1. The monoisotopic (exact) mass is 750 g/mol. The van der Waals surface area contributed by atoms with Crippen LogP contribution in [0, 0.1) is 0 Å². The van der Waals surface area contributed by atoms with E-state index >= 15 is 0 Å². The Balaban J connectivity index is 0.959. The first-order chi connectivity index (χ1) is 28.2. The van der Waals surface area contributed by atoms with E-state index in [0.717, 1.165) is 50.0 Å². The standard InChI is InChI=1S/C51H34N4OS/c1-3-13-31(14-4-1)49-52-50(32-15-5-2-6-16-32)54-51(53-49)39-20-11-19-37-40-29-33(26-28-44(40)56-48(37)39)34-25-27-38-46(30-34)57-45-24-12-23-43(47(38)45)55-41-21-9-7-17-35(41)36-18-8-10-22-42(36)55/h1-30,49-50,52H,(H,53,54). The molecule has 5 nitrogen and oxygen atoms in total. The smallest absolute Gasteiger partial charge is 0.146 e. The van der Waals surface area contributed by atoms with E-state index in [1.165, 1.54) is 53.2 Å². The number of furan rings is 1. The zero-order valence-corrected chi connectivity index (χ0v) is 31.5. The Hall–Kier alpha value is -6.99. The molecule has 0 spiro atoms. The molecule has 0 fully saturated rings. The first-order valence-electron chi connectivity index (χ1n) is 19.4. The molecule has 4 heterocycles. The number of benzene rings is 8. The number of hydrogen-bond acceptors (Lipinski definition) is 5. The van der Waals surface area contributed by atoms with Gasteiger partial charge >= 0.3 is 0 Å². The molecule has 12 rings (SSSR count). The van der Waals surface area contributed by atoms with Crippen molar-refractivity contribution in [3.8, 4) is 16.8 Å². The second-order valence-electron chi connectivity index (χ2n) is 14.8. The van der Waals surface area contributed by atoms with E-state index in [1.807, 2.05) is 23.5 Å². The largest absolute Gasteiger partial charge is 0.455 e. The lowest BCUT2D eigenvalue weighted by Crippen LogP contribution is -2.45. The van der Waals surface area contributed by atoms with Crippen LogP contribution in [-0.4, -0.2) is 10.4 Å². The number of hydrogen-bond donors (Lipinski definition) is 2. The molecule has 0 saturated carbocycles. The molecule has 11 aromatic rings. The minimum absolute atomic E-state index is 0.128. The Morgan fingerprint density at radius 2 is 1.19 bits per heavy atom. The van der Waals surface area contributed by atoms with Crippen molar-refractivity contribution in [2.45, 2.75) is 12.3 Å². The minimum Gasteiger partial charge on any atom is -0.455 e. The first-order valence-corrected chi connectivity index (χ1v) is 20.2. The van der Waals surface area contributed by atoms with Gasteiger partial charge in [0.25, 0.3) is 0 Å². The lowest BCUT2D eigenvalue weighted by molar-refractivity contribution is 0.409. The van der Waals surface area contributed by atoms with Crippen molar-refractivity contribution in [1.82, 2.24) is 15.2 Å². The molecular weight excluding hydrogens is 717 g/mol. The highest BCUT2D eigenvalue weighted by Crippen LogP contribution is 2.43. The lowest BCUT2D eigenvalue weighted by Gasteiger charge is -2.32. The summed E-state index contributed by atoms with van der Waals surface area (Å²) in [6.07, 6.45) is -0.349. The third-order valence-electron chi connectivity index (χ3n) is 11.5. The van der Waals surface area contributed by atoms with Gasteiger partial charge in [-0.3, -0.25) is 5.32 Å². The fourth-order valence-corrected chi connectivity index (χ4v) is 10.0. The summed E-state index contributed by atoms with van der Waals surface area (Å²) < 4.78 is 11.7. The molecule has 2 unspecified atom stereocenters. The topological polar surface area (TPSA) is 54.5 Å². The molecule has 8 aromatic carbocycles. The van der Waals surface area contributed by atoms with Gasteiger partial charge in [-0.25, -0.2) is 4.99 Å². The fraction of sp³-hybridized carbons (Fsp3) is 0.0392. The van der Waals surface area contributed by atoms with E-state index in [2.05, 4.69) is 185 Å².